The lowest BCUT2D eigenvalue weighted by Gasteiger charge is -2.07. The van der Waals surface area contributed by atoms with Crippen LogP contribution in [0.25, 0.3) is 0 Å². The van der Waals surface area contributed by atoms with E-state index < -0.39 is 18.6 Å². The predicted molar refractivity (Wildman–Crippen MR) is 45.4 cm³/mol. The molecule has 82 valence electrons. The average molecular weight is 220 g/mol. The number of carbonyl (C=O) groups is 1. The van der Waals surface area contributed by atoms with Gasteiger partial charge in [0, 0.05) is 0 Å². The number of nitrogens with two attached hydrogens (primary N) is 1. The van der Waals surface area contributed by atoms with Crippen molar-refractivity contribution in [2.24, 2.45) is 0 Å². The number of carboxylic acids is 1. The number of hydrogen-bond acceptors (Lipinski definition) is 3. The first-order valence-corrected chi connectivity index (χ1v) is 3.84. The van der Waals surface area contributed by atoms with Crippen LogP contribution in [-0.2, 0) is 6.42 Å². The van der Waals surface area contributed by atoms with Gasteiger partial charge in [0.05, 0.1) is 29.6 Å². The number of nitrogen functional groups attached to an aromatic ring is 1. The van der Waals surface area contributed by atoms with Crippen molar-refractivity contribution in [3.05, 3.63) is 23.5 Å². The van der Waals surface area contributed by atoms with Crippen LogP contribution in [0.4, 0.5) is 18.9 Å². The van der Waals surface area contributed by atoms with E-state index in [2.05, 4.69) is 4.98 Å². The van der Waals surface area contributed by atoms with Gasteiger partial charge >= 0.3 is 12.1 Å². The standard InChI is InChI=1S/C8H7F3N2O2/c9-8(10,11)2-4-1-5(7(14)15)6(12)3-13-4/h1,3H,2,12H2,(H,14,15). The number of halogens is 3. The Morgan fingerprint density at radius 1 is 1.53 bits per heavy atom. The van der Waals surface area contributed by atoms with E-state index in [0.29, 0.717) is 0 Å². The summed E-state index contributed by atoms with van der Waals surface area (Å²) in [5.41, 5.74) is 4.33. The Hall–Kier alpha value is -1.79. The van der Waals surface area contributed by atoms with Crippen LogP contribution < -0.4 is 5.73 Å². The Labute approximate surface area is 82.5 Å². The van der Waals surface area contributed by atoms with Gasteiger partial charge in [0.25, 0.3) is 0 Å². The number of alkyl halides is 3. The summed E-state index contributed by atoms with van der Waals surface area (Å²) in [5.74, 6) is -1.38. The van der Waals surface area contributed by atoms with Crippen molar-refractivity contribution < 1.29 is 23.1 Å². The van der Waals surface area contributed by atoms with Crippen LogP contribution in [0.2, 0.25) is 0 Å². The Morgan fingerprint density at radius 2 is 2.13 bits per heavy atom. The number of anilines is 1. The highest BCUT2D eigenvalue weighted by Crippen LogP contribution is 2.21. The van der Waals surface area contributed by atoms with Crippen molar-refractivity contribution in [1.82, 2.24) is 4.98 Å². The third kappa shape index (κ3) is 3.12. The molecule has 0 saturated carbocycles. The zero-order chi connectivity index (χ0) is 11.6. The molecule has 0 amide bonds. The number of aromatic nitrogens is 1. The van der Waals surface area contributed by atoms with Gasteiger partial charge in [-0.2, -0.15) is 13.2 Å². The molecular formula is C8H7F3N2O2. The number of carboxylic acid groups (broad SMARTS) is 1. The molecule has 3 N–H and O–H groups in total. The maximum absolute atomic E-state index is 12.0. The normalized spacial score (nSPS) is 11.4. The first-order chi connectivity index (χ1) is 6.79. The monoisotopic (exact) mass is 220 g/mol. The molecule has 0 radical (unpaired) electrons. The van der Waals surface area contributed by atoms with Crippen LogP contribution >= 0.6 is 0 Å². The lowest BCUT2D eigenvalue weighted by atomic mass is 10.1. The van der Waals surface area contributed by atoms with Crippen LogP contribution in [0.15, 0.2) is 12.3 Å². The van der Waals surface area contributed by atoms with Gasteiger partial charge in [-0.05, 0) is 6.07 Å². The first-order valence-electron chi connectivity index (χ1n) is 3.84. The Kier molecular flexibility index (Phi) is 2.83. The van der Waals surface area contributed by atoms with Gasteiger partial charge < -0.3 is 10.8 Å². The van der Waals surface area contributed by atoms with E-state index in [1.54, 1.807) is 0 Å². The molecule has 0 aliphatic carbocycles. The predicted octanol–water partition coefficient (Wildman–Crippen LogP) is 1.47. The fourth-order valence-electron chi connectivity index (χ4n) is 0.996. The molecule has 0 saturated heterocycles. The van der Waals surface area contributed by atoms with Gasteiger partial charge in [-0.1, -0.05) is 0 Å². The van der Waals surface area contributed by atoms with Crippen molar-refractivity contribution in [1.29, 1.82) is 0 Å². The summed E-state index contributed by atoms with van der Waals surface area (Å²) in [6, 6.07) is 0.825. The molecule has 1 aromatic heterocycles. The number of pyridine rings is 1. The van der Waals surface area contributed by atoms with Gasteiger partial charge in [-0.15, -0.1) is 0 Å². The topological polar surface area (TPSA) is 76.2 Å². The second-order valence-corrected chi connectivity index (χ2v) is 2.86. The first kappa shape index (κ1) is 11.3. The highest BCUT2D eigenvalue weighted by Gasteiger charge is 2.29. The smallest absolute Gasteiger partial charge is 0.394 e. The molecule has 0 atom stereocenters. The minimum absolute atomic E-state index is 0.159. The highest BCUT2D eigenvalue weighted by molar-refractivity contribution is 5.93. The van der Waals surface area contributed by atoms with E-state index >= 15 is 0 Å². The van der Waals surface area contributed by atoms with Crippen molar-refractivity contribution in [2.75, 3.05) is 5.73 Å². The Morgan fingerprint density at radius 3 is 2.60 bits per heavy atom. The van der Waals surface area contributed by atoms with Crippen molar-refractivity contribution in [3.63, 3.8) is 0 Å². The summed E-state index contributed by atoms with van der Waals surface area (Å²) in [6.45, 7) is 0. The zero-order valence-electron chi connectivity index (χ0n) is 7.38. The van der Waals surface area contributed by atoms with E-state index in [1.807, 2.05) is 0 Å². The molecule has 0 aliphatic rings. The summed E-state index contributed by atoms with van der Waals surface area (Å²) < 4.78 is 35.9. The quantitative estimate of drug-likeness (QED) is 0.791. The molecule has 0 bridgehead atoms. The summed E-state index contributed by atoms with van der Waals surface area (Å²) in [5, 5.41) is 8.60. The molecule has 0 unspecified atom stereocenters. The number of nitrogens with zero attached hydrogens (tertiary/aromatic N) is 1. The molecular weight excluding hydrogens is 213 g/mol. The van der Waals surface area contributed by atoms with Crippen LogP contribution in [-0.4, -0.2) is 22.2 Å². The molecule has 0 spiro atoms. The molecule has 15 heavy (non-hydrogen) atoms. The lowest BCUT2D eigenvalue weighted by Crippen LogP contribution is -2.14. The van der Waals surface area contributed by atoms with E-state index in [-0.39, 0.29) is 16.9 Å². The minimum Gasteiger partial charge on any atom is -0.478 e. The van der Waals surface area contributed by atoms with E-state index in [1.165, 1.54) is 0 Å². The number of rotatable bonds is 2. The van der Waals surface area contributed by atoms with Gasteiger partial charge in [0.2, 0.25) is 0 Å². The molecule has 1 heterocycles. The SMILES string of the molecule is Nc1cnc(CC(F)(F)F)cc1C(=O)O. The fourth-order valence-corrected chi connectivity index (χ4v) is 0.996. The van der Waals surface area contributed by atoms with E-state index in [9.17, 15) is 18.0 Å². The van der Waals surface area contributed by atoms with Gasteiger partial charge in [0.1, 0.15) is 0 Å². The third-order valence-electron chi connectivity index (χ3n) is 1.60. The van der Waals surface area contributed by atoms with Crippen LogP contribution in [0, 0.1) is 0 Å². The van der Waals surface area contributed by atoms with E-state index in [0.717, 1.165) is 12.3 Å². The molecule has 0 fully saturated rings. The molecule has 4 nitrogen and oxygen atoms in total. The summed E-state index contributed by atoms with van der Waals surface area (Å²) >= 11 is 0. The molecule has 7 heteroatoms. The maximum atomic E-state index is 12.0. The van der Waals surface area contributed by atoms with Crippen molar-refractivity contribution in [3.8, 4) is 0 Å². The second kappa shape index (κ2) is 3.76. The maximum Gasteiger partial charge on any atom is 0.394 e. The Balaban J connectivity index is 3.03. The summed E-state index contributed by atoms with van der Waals surface area (Å²) in [6.07, 6.45) is -4.78. The minimum atomic E-state index is -4.42. The molecule has 1 aromatic rings. The van der Waals surface area contributed by atoms with Gasteiger partial charge in [-0.3, -0.25) is 4.98 Å². The van der Waals surface area contributed by atoms with Crippen LogP contribution in [0.1, 0.15) is 16.1 Å². The number of aromatic carboxylic acids is 1. The van der Waals surface area contributed by atoms with Crippen LogP contribution in [0.3, 0.4) is 0 Å². The third-order valence-corrected chi connectivity index (χ3v) is 1.60. The fraction of sp³-hybridized carbons (Fsp3) is 0.250. The lowest BCUT2D eigenvalue weighted by molar-refractivity contribution is -0.127. The van der Waals surface area contributed by atoms with Crippen LogP contribution in [0.5, 0.6) is 0 Å². The zero-order valence-corrected chi connectivity index (χ0v) is 7.38. The molecule has 0 aromatic carbocycles. The largest absolute Gasteiger partial charge is 0.478 e. The summed E-state index contributed by atoms with van der Waals surface area (Å²) in [4.78, 5) is 13.9. The van der Waals surface area contributed by atoms with Gasteiger partial charge in [0.15, 0.2) is 0 Å². The molecule has 0 aliphatic heterocycles. The average Bonchev–Trinajstić information content (AvgIpc) is 2.05. The van der Waals surface area contributed by atoms with E-state index in [4.69, 9.17) is 10.8 Å². The Bertz CT molecular complexity index is 390. The summed E-state index contributed by atoms with van der Waals surface area (Å²) in [7, 11) is 0. The number of hydrogen-bond donors (Lipinski definition) is 2. The van der Waals surface area contributed by atoms with Crippen molar-refractivity contribution >= 4 is 11.7 Å². The molecule has 1 rings (SSSR count). The van der Waals surface area contributed by atoms with Gasteiger partial charge in [-0.25, -0.2) is 4.79 Å². The highest BCUT2D eigenvalue weighted by atomic mass is 19.4. The van der Waals surface area contributed by atoms with Crippen molar-refractivity contribution in [2.45, 2.75) is 12.6 Å². The second-order valence-electron chi connectivity index (χ2n) is 2.86.